The molecule has 0 fully saturated rings. The molecule has 0 saturated carbocycles. The predicted octanol–water partition coefficient (Wildman–Crippen LogP) is 3.25. The molecule has 1 unspecified atom stereocenters. The first kappa shape index (κ1) is 16.0. The summed E-state index contributed by atoms with van der Waals surface area (Å²) in [5.74, 6) is 1.22. The second-order valence-electron chi connectivity index (χ2n) is 5.07. The van der Waals surface area contributed by atoms with E-state index < -0.39 is 0 Å². The molecule has 4 heteroatoms. The number of hydrogen-bond donors (Lipinski definition) is 0. The van der Waals surface area contributed by atoms with E-state index >= 15 is 0 Å². The van der Waals surface area contributed by atoms with Crippen LogP contribution in [0.5, 0.6) is 5.75 Å². The van der Waals surface area contributed by atoms with Crippen molar-refractivity contribution in [2.24, 2.45) is 5.92 Å². The monoisotopic (exact) mass is 327 g/mol. The number of nitrogens with zero attached hydrogens (tertiary/aromatic N) is 1. The van der Waals surface area contributed by atoms with Gasteiger partial charge in [0.15, 0.2) is 0 Å². The fourth-order valence-electron chi connectivity index (χ4n) is 1.54. The van der Waals surface area contributed by atoms with Crippen LogP contribution in [0.15, 0.2) is 24.3 Å². The third kappa shape index (κ3) is 5.23. The Morgan fingerprint density at radius 2 is 1.89 bits per heavy atom. The highest BCUT2D eigenvalue weighted by Gasteiger charge is 2.21. The highest BCUT2D eigenvalue weighted by molar-refractivity contribution is 9.10. The highest BCUT2D eigenvalue weighted by atomic mass is 79.9. The smallest absolute Gasteiger partial charge is 0.236 e. The van der Waals surface area contributed by atoms with Gasteiger partial charge < -0.3 is 9.64 Å². The maximum atomic E-state index is 12.0. The minimum Gasteiger partial charge on any atom is -0.492 e. The van der Waals surface area contributed by atoms with Crippen LogP contribution >= 0.6 is 15.9 Å². The van der Waals surface area contributed by atoms with Gasteiger partial charge in [0.25, 0.3) is 0 Å². The van der Waals surface area contributed by atoms with Gasteiger partial charge in [-0.2, -0.15) is 0 Å². The second-order valence-corrected chi connectivity index (χ2v) is 6.05. The first-order valence-corrected chi connectivity index (χ1v) is 7.42. The average molecular weight is 328 g/mol. The summed E-state index contributed by atoms with van der Waals surface area (Å²) in [4.78, 5) is 13.6. The fraction of sp³-hybridized carbons (Fsp3) is 0.533. The Morgan fingerprint density at radius 1 is 1.32 bits per heavy atom. The van der Waals surface area contributed by atoms with Crippen molar-refractivity contribution < 1.29 is 9.53 Å². The van der Waals surface area contributed by atoms with Crippen molar-refractivity contribution in [1.82, 2.24) is 4.90 Å². The van der Waals surface area contributed by atoms with Gasteiger partial charge in [0.2, 0.25) is 5.91 Å². The Bertz CT molecular complexity index is 403. The van der Waals surface area contributed by atoms with Crippen molar-refractivity contribution >= 4 is 21.8 Å². The lowest BCUT2D eigenvalue weighted by atomic mass is 10.1. The maximum Gasteiger partial charge on any atom is 0.236 e. The normalized spacial score (nSPS) is 12.3. The van der Waals surface area contributed by atoms with Gasteiger partial charge in [0.1, 0.15) is 12.4 Å². The van der Waals surface area contributed by atoms with Crippen molar-refractivity contribution in [3.8, 4) is 5.75 Å². The molecule has 0 saturated heterocycles. The van der Waals surface area contributed by atoms with Crippen LogP contribution in [0.1, 0.15) is 19.4 Å². The van der Waals surface area contributed by atoms with Gasteiger partial charge in [-0.25, -0.2) is 0 Å². The molecule has 0 aliphatic heterocycles. The minimum absolute atomic E-state index is 0.0995. The van der Waals surface area contributed by atoms with E-state index in [1.54, 1.807) is 11.9 Å². The number of carbonyl (C=O) groups excluding carboxylic acids is 1. The molecule has 1 rings (SSSR count). The van der Waals surface area contributed by atoms with Crippen LogP contribution in [0.2, 0.25) is 0 Å². The van der Waals surface area contributed by atoms with E-state index in [-0.39, 0.29) is 16.7 Å². The number of benzene rings is 1. The summed E-state index contributed by atoms with van der Waals surface area (Å²) in [6.07, 6.45) is 0. The van der Waals surface area contributed by atoms with Crippen LogP contribution in [0.4, 0.5) is 0 Å². The second kappa shape index (κ2) is 7.53. The third-order valence-electron chi connectivity index (χ3n) is 2.91. The molecule has 0 aliphatic rings. The summed E-state index contributed by atoms with van der Waals surface area (Å²) >= 11 is 3.42. The van der Waals surface area contributed by atoms with Crippen LogP contribution in [0.25, 0.3) is 0 Å². The Kier molecular flexibility index (Phi) is 6.35. The highest BCUT2D eigenvalue weighted by Crippen LogP contribution is 2.15. The molecule has 0 radical (unpaired) electrons. The molecule has 0 heterocycles. The SMILES string of the molecule is Cc1ccc(OCCN(C)C(=O)C(Br)C(C)C)cc1. The van der Waals surface area contributed by atoms with Crippen molar-refractivity contribution in [3.63, 3.8) is 0 Å². The molecule has 1 amide bonds. The lowest BCUT2D eigenvalue weighted by Gasteiger charge is -2.22. The first-order chi connectivity index (χ1) is 8.91. The summed E-state index contributed by atoms with van der Waals surface area (Å²) in [5.41, 5.74) is 1.21. The number of halogens is 1. The molecule has 3 nitrogen and oxygen atoms in total. The minimum atomic E-state index is -0.128. The van der Waals surface area contributed by atoms with Crippen LogP contribution < -0.4 is 4.74 Å². The molecule has 0 spiro atoms. The van der Waals surface area contributed by atoms with E-state index in [1.807, 2.05) is 45.0 Å². The van der Waals surface area contributed by atoms with E-state index in [2.05, 4.69) is 15.9 Å². The largest absolute Gasteiger partial charge is 0.492 e. The molecule has 0 bridgehead atoms. The summed E-state index contributed by atoms with van der Waals surface area (Å²) in [6.45, 7) is 7.17. The molecular weight excluding hydrogens is 306 g/mol. The Morgan fingerprint density at radius 3 is 2.42 bits per heavy atom. The maximum absolute atomic E-state index is 12.0. The standard InChI is InChI=1S/C15H22BrNO2/c1-11(2)14(16)15(18)17(4)9-10-19-13-7-5-12(3)6-8-13/h5-8,11,14H,9-10H2,1-4H3. The average Bonchev–Trinajstić information content (AvgIpc) is 2.39. The molecule has 1 aromatic carbocycles. The first-order valence-electron chi connectivity index (χ1n) is 6.50. The van der Waals surface area contributed by atoms with E-state index in [9.17, 15) is 4.79 Å². The lowest BCUT2D eigenvalue weighted by Crippen LogP contribution is -2.38. The van der Waals surface area contributed by atoms with Crippen molar-refractivity contribution in [2.75, 3.05) is 20.2 Å². The number of alkyl halides is 1. The van der Waals surface area contributed by atoms with Gasteiger partial charge in [-0.15, -0.1) is 0 Å². The zero-order valence-corrected chi connectivity index (χ0v) is 13.6. The van der Waals surface area contributed by atoms with Crippen molar-refractivity contribution in [1.29, 1.82) is 0 Å². The van der Waals surface area contributed by atoms with Gasteiger partial charge in [0.05, 0.1) is 11.4 Å². The number of amides is 1. The Labute approximate surface area is 124 Å². The quantitative estimate of drug-likeness (QED) is 0.750. The van der Waals surface area contributed by atoms with Gasteiger partial charge in [-0.1, -0.05) is 47.5 Å². The molecule has 19 heavy (non-hydrogen) atoms. The number of likely N-dealkylation sites (N-methyl/N-ethyl adjacent to an activating group) is 1. The number of rotatable bonds is 6. The van der Waals surface area contributed by atoms with Crippen LogP contribution in [-0.2, 0) is 4.79 Å². The number of carbonyl (C=O) groups is 1. The number of aryl methyl sites for hydroxylation is 1. The van der Waals surface area contributed by atoms with Gasteiger partial charge >= 0.3 is 0 Å². The third-order valence-corrected chi connectivity index (χ3v) is 4.36. The molecule has 0 aromatic heterocycles. The van der Waals surface area contributed by atoms with Gasteiger partial charge in [-0.05, 0) is 25.0 Å². The summed E-state index contributed by atoms with van der Waals surface area (Å²) in [5, 5.41) is 0. The molecule has 106 valence electrons. The predicted molar refractivity (Wildman–Crippen MR) is 81.9 cm³/mol. The molecule has 0 N–H and O–H groups in total. The number of ether oxygens (including phenoxy) is 1. The zero-order valence-electron chi connectivity index (χ0n) is 12.0. The topological polar surface area (TPSA) is 29.5 Å². The van der Waals surface area contributed by atoms with Crippen LogP contribution in [-0.4, -0.2) is 35.8 Å². The zero-order chi connectivity index (χ0) is 14.4. The summed E-state index contributed by atoms with van der Waals surface area (Å²) in [7, 11) is 1.80. The fourth-order valence-corrected chi connectivity index (χ4v) is 1.89. The van der Waals surface area contributed by atoms with E-state index in [0.29, 0.717) is 13.2 Å². The molecule has 1 aromatic rings. The van der Waals surface area contributed by atoms with Gasteiger partial charge in [0, 0.05) is 7.05 Å². The van der Waals surface area contributed by atoms with Gasteiger partial charge in [-0.3, -0.25) is 4.79 Å². The van der Waals surface area contributed by atoms with Crippen LogP contribution in [0, 0.1) is 12.8 Å². The van der Waals surface area contributed by atoms with E-state index in [1.165, 1.54) is 5.56 Å². The van der Waals surface area contributed by atoms with E-state index in [0.717, 1.165) is 5.75 Å². The molecule has 0 aliphatic carbocycles. The number of hydrogen-bond acceptors (Lipinski definition) is 2. The lowest BCUT2D eigenvalue weighted by molar-refractivity contribution is -0.130. The van der Waals surface area contributed by atoms with E-state index in [4.69, 9.17) is 4.74 Å². The van der Waals surface area contributed by atoms with Crippen molar-refractivity contribution in [3.05, 3.63) is 29.8 Å². The van der Waals surface area contributed by atoms with Crippen molar-refractivity contribution in [2.45, 2.75) is 25.6 Å². The Hall–Kier alpha value is -1.03. The Balaban J connectivity index is 2.36. The summed E-state index contributed by atoms with van der Waals surface area (Å²) < 4.78 is 5.61. The molecule has 1 atom stereocenters. The molecular formula is C15H22BrNO2. The van der Waals surface area contributed by atoms with Crippen LogP contribution in [0.3, 0.4) is 0 Å². The summed E-state index contributed by atoms with van der Waals surface area (Å²) in [6, 6.07) is 7.91.